The molecule has 1 aliphatic heterocycles. The monoisotopic (exact) mass is 393 g/mol. The quantitative estimate of drug-likeness (QED) is 0.675. The molecule has 3 aromatic rings. The van der Waals surface area contributed by atoms with Crippen LogP contribution in [0.25, 0.3) is 11.4 Å². The number of pyridine rings is 1. The summed E-state index contributed by atoms with van der Waals surface area (Å²) in [4.78, 5) is 8.26. The van der Waals surface area contributed by atoms with Crippen LogP contribution in [0.1, 0.15) is 18.9 Å². The minimum atomic E-state index is 0.501. The zero-order valence-electron chi connectivity index (χ0n) is 15.9. The SMILES string of the molecule is S=c1n(C[NH+]2CCN(c3ccccc3)CC2)nc(-c2cccnc2)n1C1CC1. The Kier molecular flexibility index (Phi) is 4.70. The average Bonchev–Trinajstić information content (AvgIpc) is 3.54. The lowest BCUT2D eigenvalue weighted by atomic mass is 10.2. The number of nitrogens with zero attached hydrogens (tertiary/aromatic N) is 5. The topological polar surface area (TPSA) is 43.3 Å². The fourth-order valence-corrected chi connectivity index (χ4v) is 4.31. The van der Waals surface area contributed by atoms with Gasteiger partial charge >= 0.3 is 0 Å². The predicted octanol–water partition coefficient (Wildman–Crippen LogP) is 2.17. The summed E-state index contributed by atoms with van der Waals surface area (Å²) in [6.07, 6.45) is 6.06. The first-order valence-corrected chi connectivity index (χ1v) is 10.4. The Bertz CT molecular complexity index is 985. The van der Waals surface area contributed by atoms with Crippen LogP contribution in [0.5, 0.6) is 0 Å². The molecule has 0 unspecified atom stereocenters. The Balaban J connectivity index is 1.33. The number of rotatable bonds is 5. The van der Waals surface area contributed by atoms with Crippen molar-refractivity contribution in [3.8, 4) is 11.4 Å². The van der Waals surface area contributed by atoms with Crippen molar-refractivity contribution < 1.29 is 4.90 Å². The van der Waals surface area contributed by atoms with Crippen LogP contribution in [-0.2, 0) is 6.67 Å². The number of quaternary nitrogens is 1. The Labute approximate surface area is 170 Å². The molecule has 1 aromatic carbocycles. The van der Waals surface area contributed by atoms with Crippen LogP contribution in [-0.4, -0.2) is 45.5 Å². The molecule has 6 nitrogen and oxygen atoms in total. The second kappa shape index (κ2) is 7.48. The maximum absolute atomic E-state index is 5.82. The largest absolute Gasteiger partial charge is 0.360 e. The van der Waals surface area contributed by atoms with Crippen LogP contribution >= 0.6 is 12.2 Å². The van der Waals surface area contributed by atoms with Crippen molar-refractivity contribution >= 4 is 17.9 Å². The highest BCUT2D eigenvalue weighted by molar-refractivity contribution is 7.71. The lowest BCUT2D eigenvalue weighted by molar-refractivity contribution is -0.924. The molecule has 1 N–H and O–H groups in total. The van der Waals surface area contributed by atoms with E-state index >= 15 is 0 Å². The summed E-state index contributed by atoms with van der Waals surface area (Å²) < 4.78 is 5.12. The number of hydrogen-bond acceptors (Lipinski definition) is 4. The predicted molar refractivity (Wildman–Crippen MR) is 112 cm³/mol. The van der Waals surface area contributed by atoms with E-state index in [1.807, 2.05) is 16.9 Å². The maximum Gasteiger partial charge on any atom is 0.203 e. The van der Waals surface area contributed by atoms with Crippen LogP contribution in [0, 0.1) is 4.77 Å². The number of aromatic nitrogens is 4. The van der Waals surface area contributed by atoms with Crippen molar-refractivity contribution in [3.63, 3.8) is 0 Å². The fraction of sp³-hybridized carbons (Fsp3) is 0.381. The van der Waals surface area contributed by atoms with Gasteiger partial charge in [-0.15, -0.1) is 5.10 Å². The minimum Gasteiger partial charge on any atom is -0.360 e. The number of benzene rings is 1. The van der Waals surface area contributed by atoms with E-state index in [9.17, 15) is 0 Å². The Hall–Kier alpha value is -2.51. The molecule has 0 amide bonds. The van der Waals surface area contributed by atoms with Crippen molar-refractivity contribution in [2.75, 3.05) is 31.1 Å². The van der Waals surface area contributed by atoms with Gasteiger partial charge in [-0.2, -0.15) is 4.68 Å². The molecule has 2 aliphatic rings. The third-order valence-corrected chi connectivity index (χ3v) is 6.07. The van der Waals surface area contributed by atoms with Crippen LogP contribution in [0.3, 0.4) is 0 Å². The van der Waals surface area contributed by atoms with Crippen molar-refractivity contribution in [2.45, 2.75) is 25.6 Å². The van der Waals surface area contributed by atoms with Gasteiger partial charge in [-0.1, -0.05) is 18.2 Å². The van der Waals surface area contributed by atoms with Crippen LogP contribution in [0.15, 0.2) is 54.9 Å². The molecule has 1 aliphatic carbocycles. The molecule has 0 bridgehead atoms. The summed E-state index contributed by atoms with van der Waals surface area (Å²) in [6, 6.07) is 15.2. The summed E-state index contributed by atoms with van der Waals surface area (Å²) in [7, 11) is 0. The summed E-state index contributed by atoms with van der Waals surface area (Å²) in [5.41, 5.74) is 2.36. The van der Waals surface area contributed by atoms with E-state index in [4.69, 9.17) is 17.3 Å². The van der Waals surface area contributed by atoms with Crippen molar-refractivity contribution in [1.29, 1.82) is 0 Å². The normalized spacial score (nSPS) is 17.8. The minimum absolute atomic E-state index is 0.501. The molecule has 0 atom stereocenters. The van der Waals surface area contributed by atoms with Crippen LogP contribution in [0.4, 0.5) is 5.69 Å². The fourth-order valence-electron chi connectivity index (χ4n) is 3.97. The smallest absolute Gasteiger partial charge is 0.203 e. The van der Waals surface area contributed by atoms with E-state index in [0.717, 1.165) is 49.0 Å². The molecule has 2 fully saturated rings. The molecule has 2 aromatic heterocycles. The molecular formula is C21H25N6S+. The van der Waals surface area contributed by atoms with Gasteiger partial charge in [0, 0.05) is 29.7 Å². The van der Waals surface area contributed by atoms with Crippen LogP contribution < -0.4 is 9.80 Å². The number of para-hydroxylation sites is 1. The molecule has 1 saturated heterocycles. The lowest BCUT2D eigenvalue weighted by Gasteiger charge is -2.33. The van der Waals surface area contributed by atoms with E-state index < -0.39 is 0 Å². The first kappa shape index (κ1) is 17.6. The van der Waals surface area contributed by atoms with E-state index in [2.05, 4.69) is 50.8 Å². The van der Waals surface area contributed by atoms with Crippen molar-refractivity contribution in [3.05, 3.63) is 59.6 Å². The Morgan fingerprint density at radius 3 is 2.50 bits per heavy atom. The molecule has 3 heterocycles. The highest BCUT2D eigenvalue weighted by Crippen LogP contribution is 2.38. The van der Waals surface area contributed by atoms with E-state index in [-0.39, 0.29) is 0 Å². The van der Waals surface area contributed by atoms with E-state index in [1.165, 1.54) is 23.4 Å². The Morgan fingerprint density at radius 2 is 1.82 bits per heavy atom. The first-order valence-electron chi connectivity index (χ1n) is 10.0. The standard InChI is InChI=1S/C21H24N6S/c28-21-26(16-24-11-13-25(14-12-24)18-6-2-1-3-7-18)23-20(27(21)19-8-9-19)17-5-4-10-22-15-17/h1-7,10,15,19H,8-9,11-14,16H2/p+1. The molecule has 1 saturated carbocycles. The van der Waals surface area contributed by atoms with Gasteiger partial charge in [-0.3, -0.25) is 9.55 Å². The third kappa shape index (κ3) is 3.47. The molecule has 0 radical (unpaired) electrons. The molecule has 5 rings (SSSR count). The van der Waals surface area contributed by atoms with Gasteiger partial charge in [-0.05, 0) is 49.3 Å². The number of nitrogens with one attached hydrogen (secondary N) is 1. The summed E-state index contributed by atoms with van der Waals surface area (Å²) >= 11 is 5.82. The van der Waals surface area contributed by atoms with Gasteiger partial charge in [-0.25, -0.2) is 0 Å². The zero-order valence-corrected chi connectivity index (χ0v) is 16.7. The van der Waals surface area contributed by atoms with E-state index in [0.29, 0.717) is 6.04 Å². The number of anilines is 1. The van der Waals surface area contributed by atoms with E-state index in [1.54, 1.807) is 6.20 Å². The lowest BCUT2D eigenvalue weighted by Crippen LogP contribution is -3.14. The van der Waals surface area contributed by atoms with Crippen molar-refractivity contribution in [2.24, 2.45) is 0 Å². The number of hydrogen-bond donors (Lipinski definition) is 1. The van der Waals surface area contributed by atoms with Gasteiger partial charge < -0.3 is 9.80 Å². The molecule has 0 spiro atoms. The molecule has 7 heteroatoms. The Morgan fingerprint density at radius 1 is 1.04 bits per heavy atom. The summed E-state index contributed by atoms with van der Waals surface area (Å²) in [5, 5.41) is 4.91. The number of piperazine rings is 1. The highest BCUT2D eigenvalue weighted by Gasteiger charge is 2.30. The third-order valence-electron chi connectivity index (χ3n) is 5.67. The first-order chi connectivity index (χ1) is 13.8. The van der Waals surface area contributed by atoms with Gasteiger partial charge in [0.1, 0.15) is 0 Å². The van der Waals surface area contributed by atoms with Gasteiger partial charge in [0.25, 0.3) is 0 Å². The zero-order chi connectivity index (χ0) is 18.9. The second-order valence-electron chi connectivity index (χ2n) is 7.68. The summed E-state index contributed by atoms with van der Waals surface area (Å²) in [6.45, 7) is 5.13. The average molecular weight is 394 g/mol. The van der Waals surface area contributed by atoms with Crippen LogP contribution in [0.2, 0.25) is 0 Å². The van der Waals surface area contributed by atoms with Gasteiger partial charge in [0.2, 0.25) is 4.77 Å². The maximum atomic E-state index is 5.82. The molecule has 144 valence electrons. The summed E-state index contributed by atoms with van der Waals surface area (Å²) in [5.74, 6) is 0.961. The second-order valence-corrected chi connectivity index (χ2v) is 8.04. The van der Waals surface area contributed by atoms with Gasteiger partial charge in [0.05, 0.1) is 26.2 Å². The van der Waals surface area contributed by atoms with Crippen molar-refractivity contribution in [1.82, 2.24) is 19.3 Å². The highest BCUT2D eigenvalue weighted by atomic mass is 32.1. The molecular weight excluding hydrogens is 368 g/mol. The van der Waals surface area contributed by atoms with Gasteiger partial charge in [0.15, 0.2) is 12.5 Å². The molecule has 28 heavy (non-hydrogen) atoms.